The van der Waals surface area contributed by atoms with Crippen LogP contribution in [0.3, 0.4) is 0 Å². The third kappa shape index (κ3) is 3.10. The van der Waals surface area contributed by atoms with Crippen molar-refractivity contribution in [1.29, 1.82) is 5.26 Å². The van der Waals surface area contributed by atoms with Gasteiger partial charge < -0.3 is 14.5 Å². The largest absolute Gasteiger partial charge is 0.497 e. The van der Waals surface area contributed by atoms with E-state index in [1.807, 2.05) is 36.4 Å². The number of nitrogens with one attached hydrogen (secondary N) is 1. The molecule has 0 saturated heterocycles. The van der Waals surface area contributed by atoms with Gasteiger partial charge in [0.15, 0.2) is 0 Å². The van der Waals surface area contributed by atoms with E-state index in [0.717, 1.165) is 5.56 Å². The highest BCUT2D eigenvalue weighted by molar-refractivity contribution is 5.79. The SMILES string of the molecule is COc1ccc(-c2cc(-c3ccccc3)[nH]c(=O)c2C#N)c(OC)c1. The van der Waals surface area contributed by atoms with Crippen molar-refractivity contribution >= 4 is 0 Å². The van der Waals surface area contributed by atoms with Crippen LogP contribution in [0.5, 0.6) is 11.5 Å². The summed E-state index contributed by atoms with van der Waals surface area (Å²) < 4.78 is 10.6. The van der Waals surface area contributed by atoms with Gasteiger partial charge in [-0.05, 0) is 23.8 Å². The maximum Gasteiger partial charge on any atom is 0.266 e. The second-order valence-corrected chi connectivity index (χ2v) is 5.34. The van der Waals surface area contributed by atoms with Crippen molar-refractivity contribution in [2.45, 2.75) is 0 Å². The molecule has 3 aromatic rings. The van der Waals surface area contributed by atoms with Gasteiger partial charge in [0.1, 0.15) is 23.1 Å². The lowest BCUT2D eigenvalue weighted by Crippen LogP contribution is -2.13. The number of hydrogen-bond acceptors (Lipinski definition) is 4. The molecule has 0 aliphatic rings. The minimum Gasteiger partial charge on any atom is -0.497 e. The lowest BCUT2D eigenvalue weighted by atomic mass is 9.98. The molecular formula is C20H16N2O3. The summed E-state index contributed by atoms with van der Waals surface area (Å²) in [5.74, 6) is 1.16. The van der Waals surface area contributed by atoms with Gasteiger partial charge in [-0.2, -0.15) is 5.26 Å². The van der Waals surface area contributed by atoms with Gasteiger partial charge in [0, 0.05) is 22.9 Å². The van der Waals surface area contributed by atoms with Crippen LogP contribution in [0.1, 0.15) is 5.56 Å². The van der Waals surface area contributed by atoms with Crippen molar-refractivity contribution in [2.75, 3.05) is 14.2 Å². The number of rotatable bonds is 4. The minimum absolute atomic E-state index is 0.0446. The van der Waals surface area contributed by atoms with Gasteiger partial charge in [-0.3, -0.25) is 4.79 Å². The number of aromatic amines is 1. The van der Waals surface area contributed by atoms with E-state index in [1.54, 1.807) is 31.4 Å². The smallest absolute Gasteiger partial charge is 0.266 e. The first-order chi connectivity index (χ1) is 12.2. The number of nitrogens with zero attached hydrogens (tertiary/aromatic N) is 1. The van der Waals surface area contributed by atoms with Gasteiger partial charge >= 0.3 is 0 Å². The summed E-state index contributed by atoms with van der Waals surface area (Å²) in [7, 11) is 3.10. The normalized spacial score (nSPS) is 10.1. The summed E-state index contributed by atoms with van der Waals surface area (Å²) in [5, 5.41) is 9.45. The Morgan fingerprint density at radius 3 is 2.36 bits per heavy atom. The number of hydrogen-bond donors (Lipinski definition) is 1. The van der Waals surface area contributed by atoms with Gasteiger partial charge in [-0.15, -0.1) is 0 Å². The quantitative estimate of drug-likeness (QED) is 0.792. The number of aromatic nitrogens is 1. The van der Waals surface area contributed by atoms with Crippen LogP contribution in [-0.4, -0.2) is 19.2 Å². The second-order valence-electron chi connectivity index (χ2n) is 5.34. The Balaban J connectivity index is 2.27. The molecule has 0 radical (unpaired) electrons. The molecule has 2 aromatic carbocycles. The van der Waals surface area contributed by atoms with Crippen molar-refractivity contribution in [2.24, 2.45) is 0 Å². The molecule has 124 valence electrons. The van der Waals surface area contributed by atoms with Crippen LogP contribution in [0.25, 0.3) is 22.4 Å². The van der Waals surface area contributed by atoms with E-state index in [2.05, 4.69) is 4.98 Å². The first-order valence-corrected chi connectivity index (χ1v) is 7.63. The van der Waals surface area contributed by atoms with Crippen molar-refractivity contribution in [3.63, 3.8) is 0 Å². The Bertz CT molecular complexity index is 1000. The molecular weight excluding hydrogens is 316 g/mol. The predicted octanol–water partition coefficient (Wildman–Crippen LogP) is 3.60. The van der Waals surface area contributed by atoms with Crippen LogP contribution < -0.4 is 15.0 Å². The molecule has 3 rings (SSSR count). The molecule has 0 aliphatic heterocycles. The highest BCUT2D eigenvalue weighted by atomic mass is 16.5. The van der Waals surface area contributed by atoms with Crippen LogP contribution in [-0.2, 0) is 0 Å². The van der Waals surface area contributed by atoms with Crippen LogP contribution in [0, 0.1) is 11.3 Å². The first-order valence-electron chi connectivity index (χ1n) is 7.63. The van der Waals surface area contributed by atoms with E-state index in [4.69, 9.17) is 9.47 Å². The molecule has 0 unspecified atom stereocenters. The monoisotopic (exact) mass is 332 g/mol. The van der Waals surface area contributed by atoms with E-state index >= 15 is 0 Å². The average Bonchev–Trinajstić information content (AvgIpc) is 2.67. The fourth-order valence-corrected chi connectivity index (χ4v) is 2.68. The van der Waals surface area contributed by atoms with E-state index in [1.165, 1.54) is 7.11 Å². The zero-order valence-corrected chi connectivity index (χ0v) is 13.9. The van der Waals surface area contributed by atoms with Crippen molar-refractivity contribution in [3.05, 3.63) is 70.5 Å². The summed E-state index contributed by atoms with van der Waals surface area (Å²) in [6, 6.07) is 18.5. The van der Waals surface area contributed by atoms with Gasteiger partial charge in [0.05, 0.1) is 14.2 Å². The molecule has 1 heterocycles. The first kappa shape index (κ1) is 16.3. The lowest BCUT2D eigenvalue weighted by Gasteiger charge is -2.13. The highest BCUT2D eigenvalue weighted by Gasteiger charge is 2.16. The average molecular weight is 332 g/mol. The number of benzene rings is 2. The lowest BCUT2D eigenvalue weighted by molar-refractivity contribution is 0.395. The van der Waals surface area contributed by atoms with Crippen LogP contribution >= 0.6 is 0 Å². The second kappa shape index (κ2) is 6.93. The zero-order chi connectivity index (χ0) is 17.8. The van der Waals surface area contributed by atoms with Gasteiger partial charge in [-0.1, -0.05) is 30.3 Å². The molecule has 5 nitrogen and oxygen atoms in total. The fraction of sp³-hybridized carbons (Fsp3) is 0.100. The predicted molar refractivity (Wildman–Crippen MR) is 95.8 cm³/mol. The molecule has 1 N–H and O–H groups in total. The van der Waals surface area contributed by atoms with Crippen LogP contribution in [0.4, 0.5) is 0 Å². The molecule has 0 spiro atoms. The van der Waals surface area contributed by atoms with E-state index < -0.39 is 5.56 Å². The Labute approximate surface area is 145 Å². The Morgan fingerprint density at radius 2 is 1.72 bits per heavy atom. The molecule has 0 aliphatic carbocycles. The van der Waals surface area contributed by atoms with Gasteiger partial charge in [-0.25, -0.2) is 0 Å². The van der Waals surface area contributed by atoms with Crippen LogP contribution in [0.15, 0.2) is 59.4 Å². The maximum atomic E-state index is 12.4. The molecule has 1 aromatic heterocycles. The van der Waals surface area contributed by atoms with Crippen molar-refractivity contribution in [1.82, 2.24) is 4.98 Å². The summed E-state index contributed by atoms with van der Waals surface area (Å²) in [4.78, 5) is 15.2. The summed E-state index contributed by atoms with van der Waals surface area (Å²) >= 11 is 0. The van der Waals surface area contributed by atoms with E-state index in [-0.39, 0.29) is 5.56 Å². The number of methoxy groups -OCH3 is 2. The van der Waals surface area contributed by atoms with Gasteiger partial charge in [0.2, 0.25) is 0 Å². The van der Waals surface area contributed by atoms with E-state index in [0.29, 0.717) is 28.3 Å². The van der Waals surface area contributed by atoms with Gasteiger partial charge in [0.25, 0.3) is 5.56 Å². The molecule has 0 amide bonds. The summed E-state index contributed by atoms with van der Waals surface area (Å²) in [6.07, 6.45) is 0. The Hall–Kier alpha value is -3.52. The Morgan fingerprint density at radius 1 is 0.960 bits per heavy atom. The highest BCUT2D eigenvalue weighted by Crippen LogP contribution is 2.35. The molecule has 25 heavy (non-hydrogen) atoms. The number of H-pyrrole nitrogens is 1. The van der Waals surface area contributed by atoms with E-state index in [9.17, 15) is 10.1 Å². The maximum absolute atomic E-state index is 12.4. The Kier molecular flexibility index (Phi) is 4.53. The number of ether oxygens (including phenoxy) is 2. The molecule has 0 saturated carbocycles. The van der Waals surface area contributed by atoms with Crippen molar-refractivity contribution in [3.8, 4) is 40.0 Å². The zero-order valence-electron chi connectivity index (χ0n) is 13.9. The number of nitriles is 1. The summed E-state index contributed by atoms with van der Waals surface area (Å²) in [5.41, 5.74) is 2.28. The third-order valence-corrected chi connectivity index (χ3v) is 3.93. The van der Waals surface area contributed by atoms with Crippen LogP contribution in [0.2, 0.25) is 0 Å². The topological polar surface area (TPSA) is 75.1 Å². The fourth-order valence-electron chi connectivity index (χ4n) is 2.68. The summed E-state index contributed by atoms with van der Waals surface area (Å²) in [6.45, 7) is 0. The third-order valence-electron chi connectivity index (χ3n) is 3.93. The van der Waals surface area contributed by atoms with Crippen molar-refractivity contribution < 1.29 is 9.47 Å². The molecule has 0 atom stereocenters. The minimum atomic E-state index is -0.434. The standard InChI is InChI=1S/C20H16N2O3/c1-24-14-8-9-15(19(10-14)25-2)16-11-18(13-6-4-3-5-7-13)22-20(23)17(16)12-21/h3-11H,1-2H3,(H,22,23). The molecule has 0 bridgehead atoms. The number of pyridine rings is 1. The molecule has 0 fully saturated rings. The molecule has 5 heteroatoms.